The van der Waals surface area contributed by atoms with Crippen molar-refractivity contribution in [2.24, 2.45) is 0 Å². The van der Waals surface area contributed by atoms with Crippen molar-refractivity contribution in [3.8, 4) is 11.5 Å². The molecular weight excluding hydrogens is 722 g/mol. The van der Waals surface area contributed by atoms with Crippen LogP contribution in [0.1, 0.15) is 32.6 Å². The van der Waals surface area contributed by atoms with Crippen molar-refractivity contribution in [3.05, 3.63) is 52.1 Å². The average Bonchev–Trinajstić information content (AvgIpc) is 2.87. The minimum atomic E-state index is -1.29. The van der Waals surface area contributed by atoms with Gasteiger partial charge in [0.15, 0.2) is 0 Å². The van der Waals surface area contributed by atoms with Crippen molar-refractivity contribution in [3.63, 3.8) is 0 Å². The quantitative estimate of drug-likeness (QED) is 0.134. The summed E-state index contributed by atoms with van der Waals surface area (Å²) >= 11 is 7.55. The molecule has 208 valence electrons. The monoisotopic (exact) mass is 748 g/mol. The first kappa shape index (κ1) is 53.2. The molecule has 0 aromatic heterocycles. The minimum Gasteiger partial charge on any atom is 0 e. The number of hydrogen-bond donors (Lipinski definition) is 0. The Bertz CT molecular complexity index is 684. The van der Waals surface area contributed by atoms with E-state index >= 15 is 0 Å². The molecule has 3 fully saturated rings. The molecule has 0 aromatic rings. The zero-order valence-corrected chi connectivity index (χ0v) is 26.9. The standard InChI is InChI=1S/C18H28Br2O2Si.6CO.2Co/c1-5-13(19)16-11-14(20)17-12-18(22-17)15(21-16)9-7-6-8-10-23(2,3)4;6*1-2;;/h6-7,13-18H,5,9,11-12H2,1-4H3;;;;;;;;/b7-6-;;;;;;;;/t13-,14+,15-,16+,17+,18-;;;;;;;;/m0......../s1. The molecule has 3 saturated heterocycles. The maximum Gasteiger partial charge on any atom is 0 e. The van der Waals surface area contributed by atoms with E-state index in [1.165, 1.54) is 0 Å². The average molecular weight is 750 g/mol. The fourth-order valence-electron chi connectivity index (χ4n) is 2.88. The Labute approximate surface area is 259 Å². The van der Waals surface area contributed by atoms with E-state index in [4.69, 9.17) is 37.4 Å². The second kappa shape index (κ2) is 38.0. The predicted octanol–water partition coefficient (Wildman–Crippen LogP) is 4.84. The van der Waals surface area contributed by atoms with Gasteiger partial charge in [-0.3, -0.25) is 0 Å². The molecule has 37 heavy (non-hydrogen) atoms. The van der Waals surface area contributed by atoms with Gasteiger partial charge < -0.3 is 9.47 Å². The van der Waals surface area contributed by atoms with E-state index in [9.17, 15) is 0 Å². The topological polar surface area (TPSA) is 138 Å². The van der Waals surface area contributed by atoms with Crippen LogP contribution >= 0.6 is 31.9 Å². The molecule has 3 heterocycles. The van der Waals surface area contributed by atoms with E-state index in [1.807, 2.05) is 6.08 Å². The summed E-state index contributed by atoms with van der Waals surface area (Å²) in [5, 5.41) is 0. The minimum absolute atomic E-state index is 0. The molecule has 8 nitrogen and oxygen atoms in total. The van der Waals surface area contributed by atoms with Crippen molar-refractivity contribution in [1.29, 1.82) is 0 Å². The normalized spacial score (nSPS) is 22.5. The van der Waals surface area contributed by atoms with Crippen molar-refractivity contribution < 1.29 is 70.9 Å². The van der Waals surface area contributed by atoms with Gasteiger partial charge in [0.25, 0.3) is 0 Å². The Kier molecular flexibility index (Phi) is 54.6. The maximum absolute atomic E-state index is 7.50. The fourth-order valence-corrected chi connectivity index (χ4v) is 4.44. The number of halogens is 2. The SMILES string of the molecule is CC[C@H](Br)[C@H]1C[C@@H](Br)[C@H]2C[C@H](O2)[C@H](C/C=C\C#C[Si](C)(C)C)O1.[C-]#[O+].[C-]#[O+].[C-]#[O+].[C-]#[O+].[C-]#[O+].[C-]#[O+].[Co].[Co]. The number of ether oxygens (including phenoxy) is 2. The van der Waals surface area contributed by atoms with E-state index in [0.29, 0.717) is 15.8 Å². The Morgan fingerprint density at radius 1 is 0.865 bits per heavy atom. The van der Waals surface area contributed by atoms with Crippen LogP contribution in [-0.2, 0) is 70.9 Å². The van der Waals surface area contributed by atoms with Crippen LogP contribution in [0.5, 0.6) is 0 Å². The Hall–Kier alpha value is -0.150. The summed E-state index contributed by atoms with van der Waals surface area (Å²) in [4.78, 5) is 0.799. The van der Waals surface area contributed by atoms with Gasteiger partial charge in [0.2, 0.25) is 0 Å². The molecule has 0 unspecified atom stereocenters. The number of fused-ring (bicyclic) bond motifs is 4. The molecule has 0 spiro atoms. The van der Waals surface area contributed by atoms with Crippen molar-refractivity contribution in [1.82, 2.24) is 0 Å². The smallest absolute Gasteiger partial charge is 0 e. The van der Waals surface area contributed by atoms with E-state index in [-0.39, 0.29) is 51.9 Å². The Balaban J connectivity index is -0.000000113. The molecule has 0 aromatic carbocycles. The van der Waals surface area contributed by atoms with Gasteiger partial charge in [-0.1, -0.05) is 70.4 Å². The van der Waals surface area contributed by atoms with E-state index in [1.54, 1.807) is 0 Å². The molecule has 3 aliphatic rings. The second-order valence-electron chi connectivity index (χ2n) is 7.50. The fraction of sp³-hybridized carbons (Fsp3) is 0.583. The van der Waals surface area contributed by atoms with Crippen LogP contribution in [0.3, 0.4) is 0 Å². The Morgan fingerprint density at radius 3 is 1.68 bits per heavy atom. The number of hydrogen-bond acceptors (Lipinski definition) is 2. The summed E-state index contributed by atoms with van der Waals surface area (Å²) in [5.74, 6) is 3.19. The third kappa shape index (κ3) is 27.2. The van der Waals surface area contributed by atoms with Crippen LogP contribution in [0, 0.1) is 51.4 Å². The van der Waals surface area contributed by atoms with Crippen LogP contribution in [0.15, 0.2) is 12.2 Å². The number of rotatable bonds is 4. The first-order valence-corrected chi connectivity index (χ1v) is 15.1. The van der Waals surface area contributed by atoms with Crippen LogP contribution in [0.25, 0.3) is 0 Å². The first-order chi connectivity index (χ1) is 16.8. The zero-order valence-electron chi connectivity index (χ0n) is 20.6. The molecule has 2 radical (unpaired) electrons. The van der Waals surface area contributed by atoms with Crippen molar-refractivity contribution >= 4 is 39.9 Å². The third-order valence-electron chi connectivity index (χ3n) is 4.25. The third-order valence-corrected chi connectivity index (χ3v) is 7.34. The van der Waals surface area contributed by atoms with Gasteiger partial charge >= 0.3 is 67.8 Å². The molecule has 0 N–H and O–H groups in total. The summed E-state index contributed by atoms with van der Waals surface area (Å²) < 4.78 is 57.4. The first-order valence-electron chi connectivity index (χ1n) is 9.79. The number of alkyl halides is 2. The summed E-state index contributed by atoms with van der Waals surface area (Å²) in [5.41, 5.74) is 3.36. The summed E-state index contributed by atoms with van der Waals surface area (Å²) in [6.07, 6.45) is 9.15. The largest absolute Gasteiger partial charge is 0 e. The predicted molar refractivity (Wildman–Crippen MR) is 131 cm³/mol. The summed E-state index contributed by atoms with van der Waals surface area (Å²) in [7, 11) is -1.29. The van der Waals surface area contributed by atoms with Gasteiger partial charge in [-0.2, -0.15) is 0 Å². The van der Waals surface area contributed by atoms with E-state index in [2.05, 4.69) is 116 Å². The molecule has 0 saturated carbocycles. The van der Waals surface area contributed by atoms with Crippen LogP contribution in [0.4, 0.5) is 0 Å². The molecule has 0 aliphatic carbocycles. The van der Waals surface area contributed by atoms with Gasteiger partial charge in [-0.25, -0.2) is 0 Å². The van der Waals surface area contributed by atoms with Crippen molar-refractivity contribution in [2.45, 2.75) is 86.3 Å². The maximum atomic E-state index is 7.50. The van der Waals surface area contributed by atoms with Gasteiger partial charge in [-0.15, -0.1) is 5.54 Å². The molecule has 0 amide bonds. The van der Waals surface area contributed by atoms with Gasteiger partial charge in [0, 0.05) is 49.6 Å². The van der Waals surface area contributed by atoms with E-state index < -0.39 is 8.07 Å². The zero-order chi connectivity index (χ0) is 29.0. The molecule has 2 bridgehead atoms. The Morgan fingerprint density at radius 2 is 1.30 bits per heavy atom. The van der Waals surface area contributed by atoms with Gasteiger partial charge in [-0.05, 0) is 25.3 Å². The van der Waals surface area contributed by atoms with Crippen LogP contribution in [-0.4, -0.2) is 42.1 Å². The number of allylic oxidation sites excluding steroid dienone is 1. The van der Waals surface area contributed by atoms with Crippen LogP contribution in [0.2, 0.25) is 19.6 Å². The van der Waals surface area contributed by atoms with Gasteiger partial charge in [0.1, 0.15) is 8.07 Å². The molecule has 3 rings (SSSR count). The molecule has 6 atom stereocenters. The second-order valence-corrected chi connectivity index (χ2v) is 14.6. The summed E-state index contributed by atoms with van der Waals surface area (Å²) in [6, 6.07) is 0. The summed E-state index contributed by atoms with van der Waals surface area (Å²) in [6.45, 7) is 36.0. The van der Waals surface area contributed by atoms with Gasteiger partial charge in [0.05, 0.1) is 24.4 Å². The molecular formula is C24H28Br2Co2O8Si. The van der Waals surface area contributed by atoms with Crippen molar-refractivity contribution in [2.75, 3.05) is 0 Å². The molecule has 13 heteroatoms. The van der Waals surface area contributed by atoms with E-state index in [0.717, 1.165) is 25.7 Å². The van der Waals surface area contributed by atoms with Crippen LogP contribution < -0.4 is 0 Å². The molecule has 3 aliphatic heterocycles.